The minimum atomic E-state index is -0.255. The number of benzene rings is 1. The van der Waals surface area contributed by atoms with Crippen molar-refractivity contribution in [1.29, 1.82) is 0 Å². The molecular formula is C15H17BrN4O2. The Kier molecular flexibility index (Phi) is 4.42. The van der Waals surface area contributed by atoms with Crippen LogP contribution < -0.4 is 5.32 Å². The smallest absolute Gasteiger partial charge is 0.409 e. The zero-order valence-electron chi connectivity index (χ0n) is 12.3. The van der Waals surface area contributed by atoms with Gasteiger partial charge in [-0.1, -0.05) is 15.9 Å². The number of ether oxygens (including phenoxy) is 1. The molecule has 1 fully saturated rings. The second-order valence-electron chi connectivity index (χ2n) is 5.26. The first-order valence-electron chi connectivity index (χ1n) is 7.17. The normalized spacial score (nSPS) is 15.8. The third-order valence-electron chi connectivity index (χ3n) is 3.87. The molecular weight excluding hydrogens is 348 g/mol. The molecule has 0 unspecified atom stereocenters. The summed E-state index contributed by atoms with van der Waals surface area (Å²) in [5, 5.41) is 4.47. The van der Waals surface area contributed by atoms with Crippen LogP contribution in [-0.4, -0.2) is 47.2 Å². The van der Waals surface area contributed by atoms with Gasteiger partial charge in [-0.25, -0.2) is 14.8 Å². The number of piperidine rings is 1. The summed E-state index contributed by atoms with van der Waals surface area (Å²) in [6, 6.07) is 6.24. The predicted octanol–water partition coefficient (Wildman–Crippen LogP) is 3.04. The molecule has 0 saturated carbocycles. The van der Waals surface area contributed by atoms with Crippen molar-refractivity contribution in [1.82, 2.24) is 14.9 Å². The van der Waals surface area contributed by atoms with E-state index in [0.29, 0.717) is 13.1 Å². The number of carbonyl (C=O) groups excluding carboxylic acids is 1. The molecule has 0 spiro atoms. The summed E-state index contributed by atoms with van der Waals surface area (Å²) < 4.78 is 5.75. The number of aromatic nitrogens is 2. The van der Waals surface area contributed by atoms with Crippen LogP contribution in [0.25, 0.3) is 10.9 Å². The zero-order valence-corrected chi connectivity index (χ0v) is 13.8. The van der Waals surface area contributed by atoms with Gasteiger partial charge in [-0.15, -0.1) is 0 Å². The van der Waals surface area contributed by atoms with Crippen LogP contribution in [0.2, 0.25) is 0 Å². The first-order chi connectivity index (χ1) is 10.7. The van der Waals surface area contributed by atoms with Gasteiger partial charge in [0.1, 0.15) is 12.1 Å². The van der Waals surface area contributed by atoms with E-state index < -0.39 is 0 Å². The maximum atomic E-state index is 11.5. The maximum Gasteiger partial charge on any atom is 0.409 e. The second kappa shape index (κ2) is 6.48. The molecule has 0 atom stereocenters. The summed E-state index contributed by atoms with van der Waals surface area (Å²) in [7, 11) is 1.41. The molecule has 1 N–H and O–H groups in total. The van der Waals surface area contributed by atoms with Crippen molar-refractivity contribution in [2.45, 2.75) is 18.9 Å². The molecule has 2 aromatic rings. The van der Waals surface area contributed by atoms with Crippen molar-refractivity contribution >= 4 is 38.7 Å². The highest BCUT2D eigenvalue weighted by atomic mass is 79.9. The molecule has 3 rings (SSSR count). The van der Waals surface area contributed by atoms with Crippen molar-refractivity contribution < 1.29 is 9.53 Å². The highest BCUT2D eigenvalue weighted by Gasteiger charge is 2.23. The van der Waals surface area contributed by atoms with Crippen molar-refractivity contribution in [2.24, 2.45) is 0 Å². The molecule has 1 aliphatic rings. The number of nitrogens with zero attached hydrogens (tertiary/aromatic N) is 3. The van der Waals surface area contributed by atoms with Crippen LogP contribution >= 0.6 is 15.9 Å². The lowest BCUT2D eigenvalue weighted by molar-refractivity contribution is 0.113. The Balaban J connectivity index is 1.72. The number of methoxy groups -OCH3 is 1. The molecule has 22 heavy (non-hydrogen) atoms. The van der Waals surface area contributed by atoms with E-state index in [1.807, 2.05) is 18.2 Å². The molecule has 116 valence electrons. The fraction of sp³-hybridized carbons (Fsp3) is 0.400. The molecule has 0 bridgehead atoms. The highest BCUT2D eigenvalue weighted by Crippen LogP contribution is 2.25. The summed E-state index contributed by atoms with van der Waals surface area (Å²) >= 11 is 3.48. The summed E-state index contributed by atoms with van der Waals surface area (Å²) in [4.78, 5) is 21.9. The largest absolute Gasteiger partial charge is 0.453 e. The molecule has 2 heterocycles. The van der Waals surface area contributed by atoms with E-state index in [9.17, 15) is 4.79 Å². The Labute approximate surface area is 137 Å². The third kappa shape index (κ3) is 3.14. The van der Waals surface area contributed by atoms with Crippen LogP contribution in [0.1, 0.15) is 12.8 Å². The number of halogens is 1. The van der Waals surface area contributed by atoms with Gasteiger partial charge in [-0.05, 0) is 31.0 Å². The van der Waals surface area contributed by atoms with Crippen LogP contribution in [0.4, 0.5) is 10.6 Å². The molecule has 1 aromatic heterocycles. The third-order valence-corrected chi connectivity index (χ3v) is 4.36. The Hall–Kier alpha value is -1.89. The van der Waals surface area contributed by atoms with Gasteiger partial charge >= 0.3 is 6.09 Å². The number of hydrogen-bond acceptors (Lipinski definition) is 5. The van der Waals surface area contributed by atoms with Gasteiger partial charge in [0.2, 0.25) is 0 Å². The number of hydrogen-bond donors (Lipinski definition) is 1. The van der Waals surface area contributed by atoms with Crippen molar-refractivity contribution in [2.75, 3.05) is 25.5 Å². The number of anilines is 1. The standard InChI is InChI=1S/C15H17BrN4O2/c1-22-15(21)20-6-4-11(5-7-20)19-14-12-8-10(16)2-3-13(12)17-9-18-14/h2-3,8-9,11H,4-7H2,1H3,(H,17,18,19). The van der Waals surface area contributed by atoms with Crippen molar-refractivity contribution in [3.63, 3.8) is 0 Å². The van der Waals surface area contributed by atoms with Gasteiger partial charge in [0, 0.05) is 29.0 Å². The van der Waals surface area contributed by atoms with Gasteiger partial charge in [-0.2, -0.15) is 0 Å². The summed E-state index contributed by atoms with van der Waals surface area (Å²) in [6.45, 7) is 1.38. The predicted molar refractivity (Wildman–Crippen MR) is 87.9 cm³/mol. The van der Waals surface area contributed by atoms with Crippen LogP contribution in [0.15, 0.2) is 29.0 Å². The minimum absolute atomic E-state index is 0.255. The number of nitrogens with one attached hydrogen (secondary N) is 1. The Morgan fingerprint density at radius 1 is 1.36 bits per heavy atom. The number of likely N-dealkylation sites (tertiary alicyclic amines) is 1. The summed E-state index contributed by atoms with van der Waals surface area (Å²) in [5.74, 6) is 0.836. The average Bonchev–Trinajstić information content (AvgIpc) is 2.55. The molecule has 1 amide bonds. The first-order valence-corrected chi connectivity index (χ1v) is 7.96. The van der Waals surface area contributed by atoms with Crippen LogP contribution in [0, 0.1) is 0 Å². The Morgan fingerprint density at radius 3 is 2.86 bits per heavy atom. The number of amides is 1. The van der Waals surface area contributed by atoms with E-state index in [2.05, 4.69) is 31.2 Å². The number of rotatable bonds is 2. The first kappa shape index (κ1) is 15.0. The Morgan fingerprint density at radius 2 is 2.14 bits per heavy atom. The number of carbonyl (C=O) groups is 1. The monoisotopic (exact) mass is 364 g/mol. The van der Waals surface area contributed by atoms with Crippen LogP contribution in [0.5, 0.6) is 0 Å². The topological polar surface area (TPSA) is 67.3 Å². The van der Waals surface area contributed by atoms with E-state index in [1.54, 1.807) is 11.2 Å². The van der Waals surface area contributed by atoms with E-state index in [0.717, 1.165) is 34.0 Å². The Bertz CT molecular complexity index is 686. The van der Waals surface area contributed by atoms with E-state index >= 15 is 0 Å². The maximum absolute atomic E-state index is 11.5. The van der Waals surface area contributed by atoms with E-state index in [4.69, 9.17) is 4.74 Å². The van der Waals surface area contributed by atoms with E-state index in [1.165, 1.54) is 7.11 Å². The molecule has 6 nitrogen and oxygen atoms in total. The quantitative estimate of drug-likeness (QED) is 0.886. The van der Waals surface area contributed by atoms with Crippen molar-refractivity contribution in [3.8, 4) is 0 Å². The molecule has 1 saturated heterocycles. The lowest BCUT2D eigenvalue weighted by atomic mass is 10.1. The fourth-order valence-electron chi connectivity index (χ4n) is 2.67. The van der Waals surface area contributed by atoms with Gasteiger partial charge < -0.3 is 15.0 Å². The minimum Gasteiger partial charge on any atom is -0.453 e. The molecule has 0 radical (unpaired) electrons. The lowest BCUT2D eigenvalue weighted by Crippen LogP contribution is -2.42. The van der Waals surface area contributed by atoms with Gasteiger partial charge in [-0.3, -0.25) is 0 Å². The van der Waals surface area contributed by atoms with Gasteiger partial charge in [0.25, 0.3) is 0 Å². The average molecular weight is 365 g/mol. The van der Waals surface area contributed by atoms with Gasteiger partial charge in [0.15, 0.2) is 0 Å². The molecule has 1 aliphatic heterocycles. The van der Waals surface area contributed by atoms with Crippen LogP contribution in [-0.2, 0) is 4.74 Å². The SMILES string of the molecule is COC(=O)N1CCC(Nc2ncnc3ccc(Br)cc23)CC1. The highest BCUT2D eigenvalue weighted by molar-refractivity contribution is 9.10. The second-order valence-corrected chi connectivity index (χ2v) is 6.18. The molecule has 1 aromatic carbocycles. The summed E-state index contributed by atoms with van der Waals surface area (Å²) in [5.41, 5.74) is 0.910. The fourth-order valence-corrected chi connectivity index (χ4v) is 3.03. The van der Waals surface area contributed by atoms with Gasteiger partial charge in [0.05, 0.1) is 12.6 Å². The number of fused-ring (bicyclic) bond motifs is 1. The van der Waals surface area contributed by atoms with E-state index in [-0.39, 0.29) is 12.1 Å². The summed E-state index contributed by atoms with van der Waals surface area (Å²) in [6.07, 6.45) is 3.06. The van der Waals surface area contributed by atoms with Crippen molar-refractivity contribution in [3.05, 3.63) is 29.0 Å². The zero-order chi connectivity index (χ0) is 15.5. The molecule has 0 aliphatic carbocycles. The van der Waals surface area contributed by atoms with Crippen LogP contribution in [0.3, 0.4) is 0 Å². The molecule has 7 heteroatoms. The lowest BCUT2D eigenvalue weighted by Gasteiger charge is -2.31.